The van der Waals surface area contributed by atoms with E-state index >= 15 is 0 Å². The van der Waals surface area contributed by atoms with E-state index in [9.17, 15) is 4.79 Å². The number of hydrogen-bond donors (Lipinski definition) is 2. The minimum atomic E-state index is -0.0666. The highest BCUT2D eigenvalue weighted by molar-refractivity contribution is 5.77. The molecule has 2 rings (SSSR count). The van der Waals surface area contributed by atoms with Gasteiger partial charge in [0, 0.05) is 18.7 Å². The number of benzene rings is 1. The van der Waals surface area contributed by atoms with Gasteiger partial charge < -0.3 is 20.1 Å². The smallest absolute Gasteiger partial charge is 0.257 e. The molecule has 0 radical (unpaired) electrons. The molecule has 1 aromatic rings. The fraction of sp³-hybridized carbons (Fsp3) is 0.533. The molecule has 0 aliphatic heterocycles. The molecule has 5 nitrogen and oxygen atoms in total. The molecular formula is C15H22N2O3. The maximum atomic E-state index is 11.7. The quantitative estimate of drug-likeness (QED) is 0.753. The first-order chi connectivity index (χ1) is 9.72. The van der Waals surface area contributed by atoms with Crippen molar-refractivity contribution in [1.29, 1.82) is 0 Å². The van der Waals surface area contributed by atoms with Gasteiger partial charge in [-0.1, -0.05) is 0 Å². The van der Waals surface area contributed by atoms with Crippen LogP contribution in [0.3, 0.4) is 0 Å². The van der Waals surface area contributed by atoms with Crippen LogP contribution in [-0.2, 0) is 11.3 Å². The van der Waals surface area contributed by atoms with Crippen molar-refractivity contribution in [2.45, 2.75) is 19.4 Å². The number of carbonyl (C=O) groups is 1. The zero-order chi connectivity index (χ0) is 14.4. The predicted molar refractivity (Wildman–Crippen MR) is 77.0 cm³/mol. The lowest BCUT2D eigenvalue weighted by Gasteiger charge is -2.12. The molecule has 1 fully saturated rings. The van der Waals surface area contributed by atoms with E-state index in [1.165, 1.54) is 12.8 Å². The van der Waals surface area contributed by atoms with Gasteiger partial charge in [-0.15, -0.1) is 0 Å². The van der Waals surface area contributed by atoms with Crippen LogP contribution in [-0.4, -0.2) is 33.2 Å². The average Bonchev–Trinajstić information content (AvgIpc) is 3.28. The third-order valence-electron chi connectivity index (χ3n) is 3.28. The van der Waals surface area contributed by atoms with Crippen molar-refractivity contribution in [3.05, 3.63) is 23.8 Å². The SMILES string of the molecule is CNCc1cc(OC)ccc1OCC(=O)NCC1CC1. The summed E-state index contributed by atoms with van der Waals surface area (Å²) >= 11 is 0. The Morgan fingerprint density at radius 1 is 1.40 bits per heavy atom. The van der Waals surface area contributed by atoms with E-state index in [2.05, 4.69) is 10.6 Å². The molecule has 1 saturated carbocycles. The minimum absolute atomic E-state index is 0.0514. The van der Waals surface area contributed by atoms with E-state index in [1.807, 2.05) is 25.2 Å². The molecule has 1 amide bonds. The summed E-state index contributed by atoms with van der Waals surface area (Å²) in [5.74, 6) is 2.10. The van der Waals surface area contributed by atoms with Gasteiger partial charge >= 0.3 is 0 Å². The highest BCUT2D eigenvalue weighted by Crippen LogP contribution is 2.27. The molecule has 1 aliphatic rings. The lowest BCUT2D eigenvalue weighted by molar-refractivity contribution is -0.123. The van der Waals surface area contributed by atoms with Crippen molar-refractivity contribution in [2.24, 2.45) is 5.92 Å². The predicted octanol–water partition coefficient (Wildman–Crippen LogP) is 1.32. The van der Waals surface area contributed by atoms with Gasteiger partial charge in [-0.25, -0.2) is 0 Å². The molecule has 0 heterocycles. The molecule has 0 saturated heterocycles. The normalized spacial score (nSPS) is 13.9. The number of methoxy groups -OCH3 is 1. The first-order valence-electron chi connectivity index (χ1n) is 6.94. The van der Waals surface area contributed by atoms with E-state index < -0.39 is 0 Å². The summed E-state index contributed by atoms with van der Waals surface area (Å²) in [6.45, 7) is 1.49. The van der Waals surface area contributed by atoms with E-state index in [-0.39, 0.29) is 12.5 Å². The van der Waals surface area contributed by atoms with Gasteiger partial charge in [0.1, 0.15) is 11.5 Å². The number of hydrogen-bond acceptors (Lipinski definition) is 4. The number of carbonyl (C=O) groups excluding carboxylic acids is 1. The molecule has 1 aliphatic carbocycles. The third kappa shape index (κ3) is 4.42. The maximum absolute atomic E-state index is 11.7. The fourth-order valence-corrected chi connectivity index (χ4v) is 1.93. The van der Waals surface area contributed by atoms with Gasteiger partial charge in [-0.3, -0.25) is 4.79 Å². The molecule has 20 heavy (non-hydrogen) atoms. The van der Waals surface area contributed by atoms with Crippen LogP contribution in [0.5, 0.6) is 11.5 Å². The van der Waals surface area contributed by atoms with Crippen LogP contribution in [0.15, 0.2) is 18.2 Å². The van der Waals surface area contributed by atoms with E-state index in [1.54, 1.807) is 7.11 Å². The molecule has 0 bridgehead atoms. The topological polar surface area (TPSA) is 59.6 Å². The first-order valence-corrected chi connectivity index (χ1v) is 6.94. The van der Waals surface area contributed by atoms with Crippen LogP contribution in [0, 0.1) is 5.92 Å². The second-order valence-electron chi connectivity index (χ2n) is 5.04. The lowest BCUT2D eigenvalue weighted by atomic mass is 10.2. The van der Waals surface area contributed by atoms with Gasteiger partial charge in [-0.2, -0.15) is 0 Å². The Morgan fingerprint density at radius 2 is 2.20 bits per heavy atom. The Morgan fingerprint density at radius 3 is 2.85 bits per heavy atom. The standard InChI is InChI=1S/C15H22N2O3/c1-16-9-12-7-13(19-2)5-6-14(12)20-10-15(18)17-8-11-3-4-11/h5-7,11,16H,3-4,8-10H2,1-2H3,(H,17,18). The summed E-state index contributed by atoms with van der Waals surface area (Å²) in [7, 11) is 3.50. The Bertz CT molecular complexity index is 458. The van der Waals surface area contributed by atoms with Gasteiger partial charge in [0.25, 0.3) is 5.91 Å². The van der Waals surface area contributed by atoms with Crippen molar-refractivity contribution < 1.29 is 14.3 Å². The lowest BCUT2D eigenvalue weighted by Crippen LogP contribution is -2.30. The monoisotopic (exact) mass is 278 g/mol. The molecule has 0 spiro atoms. The Balaban J connectivity index is 1.87. The molecule has 1 aromatic carbocycles. The summed E-state index contributed by atoms with van der Waals surface area (Å²) in [6.07, 6.45) is 2.46. The van der Waals surface area contributed by atoms with Gasteiger partial charge in [0.2, 0.25) is 0 Å². The summed E-state index contributed by atoms with van der Waals surface area (Å²) in [4.78, 5) is 11.7. The highest BCUT2D eigenvalue weighted by Gasteiger charge is 2.21. The Kier molecular flexibility index (Phi) is 5.24. The first kappa shape index (κ1) is 14.7. The van der Waals surface area contributed by atoms with Crippen LogP contribution in [0.1, 0.15) is 18.4 Å². The fourth-order valence-electron chi connectivity index (χ4n) is 1.93. The molecule has 0 atom stereocenters. The van der Waals surface area contributed by atoms with Crippen LogP contribution in [0.2, 0.25) is 0 Å². The van der Waals surface area contributed by atoms with E-state index in [4.69, 9.17) is 9.47 Å². The summed E-state index contributed by atoms with van der Waals surface area (Å²) < 4.78 is 10.8. The van der Waals surface area contributed by atoms with E-state index in [0.29, 0.717) is 18.2 Å². The molecule has 110 valence electrons. The van der Waals surface area contributed by atoms with Gasteiger partial charge in [0.05, 0.1) is 7.11 Å². The van der Waals surface area contributed by atoms with Gasteiger partial charge in [0.15, 0.2) is 6.61 Å². The second-order valence-corrected chi connectivity index (χ2v) is 5.04. The van der Waals surface area contributed by atoms with Crippen molar-refractivity contribution in [1.82, 2.24) is 10.6 Å². The van der Waals surface area contributed by atoms with E-state index in [0.717, 1.165) is 17.9 Å². The van der Waals surface area contributed by atoms with Crippen molar-refractivity contribution >= 4 is 5.91 Å². The zero-order valence-corrected chi connectivity index (χ0v) is 12.1. The number of rotatable bonds is 8. The summed E-state index contributed by atoms with van der Waals surface area (Å²) in [5.41, 5.74) is 0.974. The third-order valence-corrected chi connectivity index (χ3v) is 3.28. The summed E-state index contributed by atoms with van der Waals surface area (Å²) in [6, 6.07) is 5.57. The molecule has 5 heteroatoms. The summed E-state index contributed by atoms with van der Waals surface area (Å²) in [5, 5.41) is 5.96. The highest BCUT2D eigenvalue weighted by atomic mass is 16.5. The largest absolute Gasteiger partial charge is 0.497 e. The molecule has 2 N–H and O–H groups in total. The van der Waals surface area contributed by atoms with Crippen LogP contribution >= 0.6 is 0 Å². The van der Waals surface area contributed by atoms with Crippen LogP contribution in [0.25, 0.3) is 0 Å². The number of ether oxygens (including phenoxy) is 2. The molecule has 0 unspecified atom stereocenters. The number of nitrogens with one attached hydrogen (secondary N) is 2. The van der Waals surface area contributed by atoms with Crippen molar-refractivity contribution in [3.63, 3.8) is 0 Å². The van der Waals surface area contributed by atoms with Gasteiger partial charge in [-0.05, 0) is 44.0 Å². The Hall–Kier alpha value is -1.75. The zero-order valence-electron chi connectivity index (χ0n) is 12.1. The van der Waals surface area contributed by atoms with Crippen molar-refractivity contribution in [2.75, 3.05) is 27.3 Å². The second kappa shape index (κ2) is 7.14. The van der Waals surface area contributed by atoms with Crippen LogP contribution < -0.4 is 20.1 Å². The molecular weight excluding hydrogens is 256 g/mol. The average molecular weight is 278 g/mol. The van der Waals surface area contributed by atoms with Crippen molar-refractivity contribution in [3.8, 4) is 11.5 Å². The number of amides is 1. The maximum Gasteiger partial charge on any atom is 0.257 e. The Labute approximate surface area is 119 Å². The molecule has 0 aromatic heterocycles. The van der Waals surface area contributed by atoms with Crippen LogP contribution in [0.4, 0.5) is 0 Å². The minimum Gasteiger partial charge on any atom is -0.497 e.